The van der Waals surface area contributed by atoms with Crippen molar-refractivity contribution < 1.29 is 22.8 Å². The van der Waals surface area contributed by atoms with E-state index in [9.17, 15) is 22.8 Å². The molecule has 2 amide bonds. The van der Waals surface area contributed by atoms with Crippen LogP contribution in [0.5, 0.6) is 0 Å². The lowest BCUT2D eigenvalue weighted by molar-refractivity contribution is -0.141. The van der Waals surface area contributed by atoms with E-state index in [0.717, 1.165) is 4.57 Å². The quantitative estimate of drug-likeness (QED) is 0.755. The van der Waals surface area contributed by atoms with Crippen LogP contribution in [0, 0.1) is 5.92 Å². The molecule has 1 aliphatic rings. The highest BCUT2D eigenvalue weighted by Crippen LogP contribution is 2.28. The zero-order valence-electron chi connectivity index (χ0n) is 15.0. The number of aromatic nitrogens is 2. The lowest BCUT2D eigenvalue weighted by Crippen LogP contribution is -2.35. The fourth-order valence-corrected chi connectivity index (χ4v) is 3.38. The molecule has 2 aromatic rings. The van der Waals surface area contributed by atoms with Gasteiger partial charge in [-0.2, -0.15) is 13.2 Å². The molecular formula is C18H18ClF3N4O2. The van der Waals surface area contributed by atoms with E-state index >= 15 is 0 Å². The number of imidazole rings is 1. The Labute approximate surface area is 164 Å². The minimum Gasteiger partial charge on any atom is -0.338 e. The standard InChI is InChI=1S/C18H18ClF3N4O2/c1-24(10-15-23-5-6-25(15)11-18(20,21)22)17(28)12-7-16(27)26(9-12)14-4-2-3-13(19)8-14/h2-6,8,12H,7,9-11H2,1H3. The van der Waals surface area contributed by atoms with Crippen molar-refractivity contribution >= 4 is 29.1 Å². The Morgan fingerprint density at radius 1 is 1.39 bits per heavy atom. The number of benzene rings is 1. The van der Waals surface area contributed by atoms with Gasteiger partial charge in [-0.3, -0.25) is 9.59 Å². The Hall–Kier alpha value is -2.55. The van der Waals surface area contributed by atoms with Crippen molar-refractivity contribution in [3.63, 3.8) is 0 Å². The first-order valence-electron chi connectivity index (χ1n) is 8.52. The molecule has 2 heterocycles. The second kappa shape index (κ2) is 7.83. The minimum atomic E-state index is -4.38. The smallest absolute Gasteiger partial charge is 0.338 e. The topological polar surface area (TPSA) is 58.4 Å². The highest BCUT2D eigenvalue weighted by Gasteiger charge is 2.37. The van der Waals surface area contributed by atoms with Crippen molar-refractivity contribution in [2.45, 2.75) is 25.7 Å². The maximum Gasteiger partial charge on any atom is 0.406 e. The predicted molar refractivity (Wildman–Crippen MR) is 96.7 cm³/mol. The van der Waals surface area contributed by atoms with E-state index in [1.165, 1.54) is 29.2 Å². The molecule has 3 rings (SSSR count). The van der Waals surface area contributed by atoms with Crippen molar-refractivity contribution in [2.75, 3.05) is 18.5 Å². The molecule has 10 heteroatoms. The molecule has 150 valence electrons. The summed E-state index contributed by atoms with van der Waals surface area (Å²) >= 11 is 5.96. The van der Waals surface area contributed by atoms with Crippen LogP contribution in [-0.2, 0) is 22.7 Å². The maximum atomic E-state index is 12.7. The molecule has 0 aliphatic carbocycles. The van der Waals surface area contributed by atoms with Gasteiger partial charge in [-0.05, 0) is 18.2 Å². The number of nitrogens with zero attached hydrogens (tertiary/aromatic N) is 4. The average molecular weight is 415 g/mol. The number of hydrogen-bond donors (Lipinski definition) is 0. The zero-order chi connectivity index (χ0) is 20.5. The van der Waals surface area contributed by atoms with Crippen LogP contribution in [0.15, 0.2) is 36.7 Å². The van der Waals surface area contributed by atoms with Gasteiger partial charge in [0.05, 0.1) is 12.5 Å². The lowest BCUT2D eigenvalue weighted by Gasteiger charge is -2.22. The van der Waals surface area contributed by atoms with Gasteiger partial charge in [-0.1, -0.05) is 17.7 Å². The summed E-state index contributed by atoms with van der Waals surface area (Å²) in [6.45, 7) is -1.06. The van der Waals surface area contributed by atoms with Gasteiger partial charge < -0.3 is 14.4 Å². The van der Waals surface area contributed by atoms with E-state index < -0.39 is 18.6 Å². The van der Waals surface area contributed by atoms with Crippen LogP contribution in [0.25, 0.3) is 0 Å². The fraction of sp³-hybridized carbons (Fsp3) is 0.389. The van der Waals surface area contributed by atoms with Crippen LogP contribution in [0.4, 0.5) is 18.9 Å². The molecule has 1 saturated heterocycles. The van der Waals surface area contributed by atoms with Gasteiger partial charge in [-0.15, -0.1) is 0 Å². The third kappa shape index (κ3) is 4.64. The summed E-state index contributed by atoms with van der Waals surface area (Å²) in [5.74, 6) is -0.973. The molecule has 28 heavy (non-hydrogen) atoms. The third-order valence-corrected chi connectivity index (χ3v) is 4.74. The highest BCUT2D eigenvalue weighted by atomic mass is 35.5. The Morgan fingerprint density at radius 3 is 2.82 bits per heavy atom. The molecule has 0 saturated carbocycles. The molecule has 1 atom stereocenters. The summed E-state index contributed by atoms with van der Waals surface area (Å²) in [5.41, 5.74) is 0.608. The van der Waals surface area contributed by atoms with Crippen molar-refractivity contribution in [2.24, 2.45) is 5.92 Å². The number of alkyl halides is 3. The normalized spacial score (nSPS) is 17.2. The Morgan fingerprint density at radius 2 is 2.14 bits per heavy atom. The van der Waals surface area contributed by atoms with E-state index in [4.69, 9.17) is 11.6 Å². The van der Waals surface area contributed by atoms with E-state index in [-0.39, 0.29) is 37.1 Å². The molecule has 1 aromatic heterocycles. The summed E-state index contributed by atoms with van der Waals surface area (Å²) in [4.78, 5) is 31.7. The molecule has 1 fully saturated rings. The minimum absolute atomic E-state index is 0.0344. The SMILES string of the molecule is CN(Cc1nccn1CC(F)(F)F)C(=O)C1CC(=O)N(c2cccc(Cl)c2)C1. The highest BCUT2D eigenvalue weighted by molar-refractivity contribution is 6.31. The van der Waals surface area contributed by atoms with E-state index in [2.05, 4.69) is 4.98 Å². The zero-order valence-corrected chi connectivity index (χ0v) is 15.7. The van der Waals surface area contributed by atoms with E-state index in [0.29, 0.717) is 10.7 Å². The molecule has 1 unspecified atom stereocenters. The number of halogens is 4. The van der Waals surface area contributed by atoms with Crippen molar-refractivity contribution in [1.29, 1.82) is 0 Å². The van der Waals surface area contributed by atoms with E-state index in [1.54, 1.807) is 24.3 Å². The van der Waals surface area contributed by atoms with Crippen LogP contribution < -0.4 is 4.90 Å². The Kier molecular flexibility index (Phi) is 5.64. The monoisotopic (exact) mass is 414 g/mol. The van der Waals surface area contributed by atoms with Gasteiger partial charge in [0, 0.05) is 43.1 Å². The summed E-state index contributed by atoms with van der Waals surface area (Å²) in [6, 6.07) is 6.77. The molecule has 0 bridgehead atoms. The number of anilines is 1. The average Bonchev–Trinajstić information content (AvgIpc) is 3.19. The van der Waals surface area contributed by atoms with Crippen molar-refractivity contribution in [3.8, 4) is 0 Å². The van der Waals surface area contributed by atoms with Gasteiger partial charge in [-0.25, -0.2) is 4.98 Å². The second-order valence-corrected chi connectivity index (χ2v) is 7.10. The van der Waals surface area contributed by atoms with Crippen molar-refractivity contribution in [1.82, 2.24) is 14.5 Å². The molecule has 0 radical (unpaired) electrons. The Balaban J connectivity index is 1.66. The van der Waals surface area contributed by atoms with Gasteiger partial charge in [0.15, 0.2) is 0 Å². The van der Waals surface area contributed by atoms with Crippen LogP contribution >= 0.6 is 11.6 Å². The summed E-state index contributed by atoms with van der Waals surface area (Å²) in [5, 5.41) is 0.480. The maximum absolute atomic E-state index is 12.7. The van der Waals surface area contributed by atoms with Gasteiger partial charge in [0.2, 0.25) is 11.8 Å². The molecule has 1 aliphatic heterocycles. The second-order valence-electron chi connectivity index (χ2n) is 6.67. The fourth-order valence-electron chi connectivity index (χ4n) is 3.20. The predicted octanol–water partition coefficient (Wildman–Crippen LogP) is 3.11. The van der Waals surface area contributed by atoms with Crippen LogP contribution in [0.1, 0.15) is 12.2 Å². The number of amides is 2. The van der Waals surface area contributed by atoms with E-state index in [1.807, 2.05) is 0 Å². The summed E-state index contributed by atoms with van der Waals surface area (Å²) in [6.07, 6.45) is -1.86. The number of rotatable bonds is 5. The van der Waals surface area contributed by atoms with Crippen LogP contribution in [0.2, 0.25) is 5.02 Å². The Bertz CT molecular complexity index is 884. The number of carbonyl (C=O) groups is 2. The molecule has 6 nitrogen and oxygen atoms in total. The van der Waals surface area contributed by atoms with Gasteiger partial charge >= 0.3 is 6.18 Å². The molecule has 1 aromatic carbocycles. The van der Waals surface area contributed by atoms with Gasteiger partial charge in [0.1, 0.15) is 12.4 Å². The van der Waals surface area contributed by atoms with Gasteiger partial charge in [0.25, 0.3) is 0 Å². The number of carbonyl (C=O) groups excluding carboxylic acids is 2. The summed E-state index contributed by atoms with van der Waals surface area (Å²) < 4.78 is 38.9. The molecule has 0 spiro atoms. The molecular weight excluding hydrogens is 397 g/mol. The molecule has 0 N–H and O–H groups in total. The third-order valence-electron chi connectivity index (χ3n) is 4.50. The first-order chi connectivity index (χ1) is 13.1. The first kappa shape index (κ1) is 20.2. The van der Waals surface area contributed by atoms with Crippen LogP contribution in [-0.4, -0.2) is 46.0 Å². The number of hydrogen-bond acceptors (Lipinski definition) is 3. The first-order valence-corrected chi connectivity index (χ1v) is 8.89. The summed E-state index contributed by atoms with van der Waals surface area (Å²) in [7, 11) is 1.49. The lowest BCUT2D eigenvalue weighted by atomic mass is 10.1. The largest absolute Gasteiger partial charge is 0.406 e. The van der Waals surface area contributed by atoms with Crippen LogP contribution in [0.3, 0.4) is 0 Å². The van der Waals surface area contributed by atoms with Crippen molar-refractivity contribution in [3.05, 3.63) is 47.5 Å².